The van der Waals surface area contributed by atoms with Gasteiger partial charge in [0.15, 0.2) is 0 Å². The number of nitrogens with two attached hydrogens (primary N) is 1. The lowest BCUT2D eigenvalue weighted by molar-refractivity contribution is 0.291. The van der Waals surface area contributed by atoms with Gasteiger partial charge in [0.05, 0.1) is 0 Å². The number of hydrogen-bond acceptors (Lipinski definition) is 2. The van der Waals surface area contributed by atoms with Gasteiger partial charge >= 0.3 is 0 Å². The van der Waals surface area contributed by atoms with Crippen LogP contribution in [0, 0.1) is 11.3 Å². The highest BCUT2D eigenvalue weighted by Crippen LogP contribution is 2.22. The van der Waals surface area contributed by atoms with Crippen molar-refractivity contribution < 1.29 is 0 Å². The van der Waals surface area contributed by atoms with Gasteiger partial charge in [-0.2, -0.15) is 0 Å². The van der Waals surface area contributed by atoms with Crippen molar-refractivity contribution in [3.05, 3.63) is 0 Å². The van der Waals surface area contributed by atoms with Crippen molar-refractivity contribution in [2.75, 3.05) is 13.1 Å². The molecule has 0 saturated carbocycles. The molecule has 0 spiro atoms. The van der Waals surface area contributed by atoms with Crippen LogP contribution >= 0.6 is 0 Å². The molecule has 0 aromatic rings. The number of rotatable bonds is 9. The van der Waals surface area contributed by atoms with Crippen LogP contribution in [0.1, 0.15) is 60.3 Å². The summed E-state index contributed by atoms with van der Waals surface area (Å²) in [6, 6.07) is 0.288. The lowest BCUT2D eigenvalue weighted by atomic mass is 9.86. The first-order chi connectivity index (χ1) is 7.39. The molecule has 0 fully saturated rings. The van der Waals surface area contributed by atoms with Gasteiger partial charge in [0.25, 0.3) is 0 Å². The fourth-order valence-corrected chi connectivity index (χ4v) is 1.77. The van der Waals surface area contributed by atoms with Crippen LogP contribution in [0.2, 0.25) is 0 Å². The molecule has 0 aliphatic rings. The third kappa shape index (κ3) is 8.12. The molecule has 3 N–H and O–H groups in total. The van der Waals surface area contributed by atoms with Gasteiger partial charge in [-0.25, -0.2) is 0 Å². The molecule has 0 aliphatic heterocycles. The van der Waals surface area contributed by atoms with E-state index in [2.05, 4.69) is 39.9 Å². The largest absolute Gasteiger partial charge is 0.328 e. The minimum atomic E-state index is 0.288. The van der Waals surface area contributed by atoms with E-state index in [1.165, 1.54) is 25.7 Å². The van der Waals surface area contributed by atoms with Gasteiger partial charge in [0.2, 0.25) is 0 Å². The number of nitrogens with one attached hydrogen (secondary N) is 1. The van der Waals surface area contributed by atoms with Crippen LogP contribution in [0.25, 0.3) is 0 Å². The van der Waals surface area contributed by atoms with E-state index in [-0.39, 0.29) is 6.04 Å². The summed E-state index contributed by atoms with van der Waals surface area (Å²) in [5, 5.41) is 3.55. The van der Waals surface area contributed by atoms with Gasteiger partial charge in [-0.15, -0.1) is 0 Å². The van der Waals surface area contributed by atoms with E-state index in [4.69, 9.17) is 5.73 Å². The van der Waals surface area contributed by atoms with E-state index in [1.807, 2.05) is 0 Å². The summed E-state index contributed by atoms with van der Waals surface area (Å²) in [5.74, 6) is 0.562. The van der Waals surface area contributed by atoms with Gasteiger partial charge < -0.3 is 11.1 Å². The Bertz CT molecular complexity index is 164. The average Bonchev–Trinajstić information content (AvgIpc) is 2.17. The molecule has 0 bridgehead atoms. The molecular weight excluding hydrogens is 196 g/mol. The first kappa shape index (κ1) is 15.9. The zero-order chi connectivity index (χ0) is 12.6. The first-order valence-corrected chi connectivity index (χ1v) is 6.85. The number of unbranched alkanes of at least 4 members (excludes halogenated alkanes) is 2. The second-order valence-corrected chi connectivity index (χ2v) is 6.09. The minimum Gasteiger partial charge on any atom is -0.328 e. The van der Waals surface area contributed by atoms with Crippen molar-refractivity contribution in [1.82, 2.24) is 5.32 Å². The summed E-state index contributed by atoms with van der Waals surface area (Å²) in [4.78, 5) is 0. The standard InChI is InChI=1S/C14H32N2/c1-6-7-8-9-14(4,5)11-16-10-12(2)13(3)15/h12-13,16H,6-11,15H2,1-5H3. The van der Waals surface area contributed by atoms with Gasteiger partial charge in [-0.3, -0.25) is 0 Å². The van der Waals surface area contributed by atoms with Gasteiger partial charge in [0.1, 0.15) is 0 Å². The smallest absolute Gasteiger partial charge is 0.00482 e. The van der Waals surface area contributed by atoms with Crippen LogP contribution in [-0.2, 0) is 0 Å². The summed E-state index contributed by atoms with van der Waals surface area (Å²) in [6.07, 6.45) is 5.35. The topological polar surface area (TPSA) is 38.0 Å². The van der Waals surface area contributed by atoms with Crippen LogP contribution in [0.4, 0.5) is 0 Å². The minimum absolute atomic E-state index is 0.288. The van der Waals surface area contributed by atoms with Crippen molar-refractivity contribution in [2.24, 2.45) is 17.1 Å². The third-order valence-electron chi connectivity index (χ3n) is 3.42. The SMILES string of the molecule is CCCCCC(C)(C)CNCC(C)C(C)N. The van der Waals surface area contributed by atoms with Crippen LogP contribution in [0.5, 0.6) is 0 Å². The van der Waals surface area contributed by atoms with E-state index >= 15 is 0 Å². The Kier molecular flexibility index (Phi) is 8.04. The second-order valence-electron chi connectivity index (χ2n) is 6.09. The van der Waals surface area contributed by atoms with Crippen molar-refractivity contribution >= 4 is 0 Å². The Balaban J connectivity index is 3.64. The van der Waals surface area contributed by atoms with Crippen molar-refractivity contribution in [2.45, 2.75) is 66.3 Å². The summed E-state index contributed by atoms with van der Waals surface area (Å²) in [6.45, 7) is 13.4. The molecule has 0 radical (unpaired) electrons. The Morgan fingerprint density at radius 1 is 1.19 bits per heavy atom. The Hall–Kier alpha value is -0.0800. The van der Waals surface area contributed by atoms with Crippen molar-refractivity contribution in [3.63, 3.8) is 0 Å². The van der Waals surface area contributed by atoms with Crippen LogP contribution < -0.4 is 11.1 Å². The molecule has 0 heterocycles. The monoisotopic (exact) mass is 228 g/mol. The quantitative estimate of drug-likeness (QED) is 0.595. The fraction of sp³-hybridized carbons (Fsp3) is 1.00. The van der Waals surface area contributed by atoms with E-state index in [1.54, 1.807) is 0 Å². The zero-order valence-corrected chi connectivity index (χ0v) is 12.0. The van der Waals surface area contributed by atoms with E-state index < -0.39 is 0 Å². The molecule has 98 valence electrons. The predicted octanol–water partition coefficient (Wildman–Crippen LogP) is 3.17. The molecule has 0 rings (SSSR count). The highest BCUT2D eigenvalue weighted by Gasteiger charge is 2.17. The molecule has 0 aromatic heterocycles. The summed E-state index contributed by atoms with van der Waals surface area (Å²) >= 11 is 0. The summed E-state index contributed by atoms with van der Waals surface area (Å²) in [7, 11) is 0. The maximum Gasteiger partial charge on any atom is 0.00482 e. The normalized spacial score (nSPS) is 16.1. The molecule has 0 saturated heterocycles. The maximum absolute atomic E-state index is 5.84. The molecule has 2 unspecified atom stereocenters. The van der Waals surface area contributed by atoms with E-state index in [0.717, 1.165) is 13.1 Å². The number of hydrogen-bond donors (Lipinski definition) is 2. The Labute approximate surface area is 102 Å². The average molecular weight is 228 g/mol. The van der Waals surface area contributed by atoms with Crippen LogP contribution in [-0.4, -0.2) is 19.1 Å². The molecular formula is C14H32N2. The van der Waals surface area contributed by atoms with E-state index in [9.17, 15) is 0 Å². The van der Waals surface area contributed by atoms with Crippen LogP contribution in [0.15, 0.2) is 0 Å². The molecule has 2 nitrogen and oxygen atoms in total. The fourth-order valence-electron chi connectivity index (χ4n) is 1.77. The molecule has 2 heteroatoms. The lowest BCUT2D eigenvalue weighted by Gasteiger charge is -2.26. The van der Waals surface area contributed by atoms with Gasteiger partial charge in [-0.05, 0) is 31.2 Å². The van der Waals surface area contributed by atoms with E-state index in [0.29, 0.717) is 11.3 Å². The highest BCUT2D eigenvalue weighted by atomic mass is 14.9. The van der Waals surface area contributed by atoms with Gasteiger partial charge in [0, 0.05) is 12.6 Å². The highest BCUT2D eigenvalue weighted by molar-refractivity contribution is 4.73. The molecule has 0 aliphatic carbocycles. The lowest BCUT2D eigenvalue weighted by Crippen LogP contribution is -2.37. The molecule has 0 aromatic carbocycles. The predicted molar refractivity (Wildman–Crippen MR) is 73.6 cm³/mol. The maximum atomic E-state index is 5.84. The summed E-state index contributed by atoms with van der Waals surface area (Å²) in [5.41, 5.74) is 6.27. The zero-order valence-electron chi connectivity index (χ0n) is 12.0. The van der Waals surface area contributed by atoms with Crippen molar-refractivity contribution in [3.8, 4) is 0 Å². The van der Waals surface area contributed by atoms with Gasteiger partial charge in [-0.1, -0.05) is 47.0 Å². The Morgan fingerprint density at radius 3 is 2.31 bits per heavy atom. The third-order valence-corrected chi connectivity index (χ3v) is 3.42. The Morgan fingerprint density at radius 2 is 1.81 bits per heavy atom. The second kappa shape index (κ2) is 8.08. The van der Waals surface area contributed by atoms with Crippen molar-refractivity contribution in [1.29, 1.82) is 0 Å². The van der Waals surface area contributed by atoms with Crippen LogP contribution in [0.3, 0.4) is 0 Å². The molecule has 0 amide bonds. The first-order valence-electron chi connectivity index (χ1n) is 6.85. The molecule has 2 atom stereocenters. The molecule has 16 heavy (non-hydrogen) atoms. The summed E-state index contributed by atoms with van der Waals surface area (Å²) < 4.78 is 0.